The molecule has 0 radical (unpaired) electrons. The highest BCUT2D eigenvalue weighted by atomic mass is 16.6. The normalized spacial score (nSPS) is 17.1. The zero-order valence-corrected chi connectivity index (χ0v) is 14.3. The summed E-state index contributed by atoms with van der Waals surface area (Å²) in [5, 5.41) is 0. The van der Waals surface area contributed by atoms with Gasteiger partial charge in [0.15, 0.2) is 0 Å². The first-order chi connectivity index (χ1) is 12.3. The third-order valence-electron chi connectivity index (χ3n) is 5.16. The molecule has 0 N–H and O–H groups in total. The molecule has 1 heterocycles. The standard InChI is InChI=1S/C23H20O2/c1-15-11-17(9-10-23(15)25-14-18-13-24-18)20-7-4-8-21-19-6-3-2-5-16(19)12-22(20)21/h2-11,18H,12-14H2,1H3. The number of rotatable bonds is 4. The molecule has 2 heteroatoms. The van der Waals surface area contributed by atoms with Crippen molar-refractivity contribution in [1.29, 1.82) is 0 Å². The average Bonchev–Trinajstić information content (AvgIpc) is 3.39. The molecule has 3 aromatic rings. The van der Waals surface area contributed by atoms with E-state index in [2.05, 4.69) is 67.6 Å². The summed E-state index contributed by atoms with van der Waals surface area (Å²) in [6, 6.07) is 21.9. The van der Waals surface area contributed by atoms with Gasteiger partial charge in [-0.05, 0) is 64.4 Å². The van der Waals surface area contributed by atoms with Crippen LogP contribution in [0.5, 0.6) is 5.75 Å². The second-order valence-corrected chi connectivity index (χ2v) is 6.91. The zero-order chi connectivity index (χ0) is 16.8. The van der Waals surface area contributed by atoms with E-state index in [1.165, 1.54) is 38.9 Å². The molecule has 1 fully saturated rings. The third-order valence-corrected chi connectivity index (χ3v) is 5.16. The Kier molecular flexibility index (Phi) is 3.39. The molecule has 0 amide bonds. The van der Waals surface area contributed by atoms with Crippen LogP contribution in [0.1, 0.15) is 16.7 Å². The minimum Gasteiger partial charge on any atom is -0.491 e. The van der Waals surface area contributed by atoms with Crippen LogP contribution in [0, 0.1) is 6.92 Å². The van der Waals surface area contributed by atoms with Crippen LogP contribution >= 0.6 is 0 Å². The van der Waals surface area contributed by atoms with Gasteiger partial charge >= 0.3 is 0 Å². The van der Waals surface area contributed by atoms with E-state index in [1.807, 2.05) is 0 Å². The first kappa shape index (κ1) is 14.7. The Balaban J connectivity index is 1.51. The highest BCUT2D eigenvalue weighted by Crippen LogP contribution is 2.41. The molecule has 1 unspecified atom stereocenters. The Morgan fingerprint density at radius 2 is 1.76 bits per heavy atom. The van der Waals surface area contributed by atoms with Crippen molar-refractivity contribution in [2.75, 3.05) is 13.2 Å². The molecule has 5 rings (SSSR count). The Labute approximate surface area is 148 Å². The number of hydrogen-bond acceptors (Lipinski definition) is 2. The molecule has 1 aliphatic carbocycles. The van der Waals surface area contributed by atoms with Crippen LogP contribution in [0.15, 0.2) is 60.7 Å². The molecule has 1 atom stereocenters. The maximum atomic E-state index is 5.87. The predicted molar refractivity (Wildman–Crippen MR) is 100 cm³/mol. The van der Waals surface area contributed by atoms with E-state index in [1.54, 1.807) is 0 Å². The molecule has 0 spiro atoms. The molecule has 1 saturated heterocycles. The monoisotopic (exact) mass is 328 g/mol. The van der Waals surface area contributed by atoms with Gasteiger partial charge in [0.05, 0.1) is 6.61 Å². The van der Waals surface area contributed by atoms with Gasteiger partial charge < -0.3 is 9.47 Å². The smallest absolute Gasteiger partial charge is 0.122 e. The molecule has 0 aromatic heterocycles. The summed E-state index contributed by atoms with van der Waals surface area (Å²) in [4.78, 5) is 0. The Morgan fingerprint density at radius 1 is 0.960 bits per heavy atom. The summed E-state index contributed by atoms with van der Waals surface area (Å²) in [6.07, 6.45) is 1.30. The van der Waals surface area contributed by atoms with Crippen molar-refractivity contribution in [1.82, 2.24) is 0 Å². The summed E-state index contributed by atoms with van der Waals surface area (Å²) in [5.41, 5.74) is 9.36. The zero-order valence-electron chi connectivity index (χ0n) is 14.3. The molecule has 0 bridgehead atoms. The van der Waals surface area contributed by atoms with Gasteiger partial charge in [-0.1, -0.05) is 48.5 Å². The Morgan fingerprint density at radius 3 is 2.60 bits per heavy atom. The van der Waals surface area contributed by atoms with Crippen molar-refractivity contribution in [2.45, 2.75) is 19.4 Å². The van der Waals surface area contributed by atoms with Crippen LogP contribution in [0.4, 0.5) is 0 Å². The van der Waals surface area contributed by atoms with E-state index in [-0.39, 0.29) is 6.10 Å². The van der Waals surface area contributed by atoms with Gasteiger partial charge in [0, 0.05) is 0 Å². The number of fused-ring (bicyclic) bond motifs is 3. The lowest BCUT2D eigenvalue weighted by Gasteiger charge is -2.13. The van der Waals surface area contributed by atoms with Crippen LogP contribution < -0.4 is 4.74 Å². The van der Waals surface area contributed by atoms with Crippen LogP contribution in [-0.2, 0) is 11.2 Å². The van der Waals surface area contributed by atoms with Crippen molar-refractivity contribution in [3.63, 3.8) is 0 Å². The summed E-state index contributed by atoms with van der Waals surface area (Å²) in [5.74, 6) is 0.954. The van der Waals surface area contributed by atoms with Crippen LogP contribution in [0.2, 0.25) is 0 Å². The summed E-state index contributed by atoms with van der Waals surface area (Å²) in [6.45, 7) is 3.59. The van der Waals surface area contributed by atoms with Crippen molar-refractivity contribution < 1.29 is 9.47 Å². The fraction of sp³-hybridized carbons (Fsp3) is 0.217. The van der Waals surface area contributed by atoms with Gasteiger partial charge in [-0.25, -0.2) is 0 Å². The molecule has 25 heavy (non-hydrogen) atoms. The number of hydrogen-bond donors (Lipinski definition) is 0. The number of benzene rings is 3. The van der Waals surface area contributed by atoms with Crippen molar-refractivity contribution in [3.05, 3.63) is 77.4 Å². The van der Waals surface area contributed by atoms with E-state index in [4.69, 9.17) is 9.47 Å². The summed E-state index contributed by atoms with van der Waals surface area (Å²) >= 11 is 0. The number of epoxide rings is 1. The van der Waals surface area contributed by atoms with Crippen molar-refractivity contribution in [3.8, 4) is 28.0 Å². The van der Waals surface area contributed by atoms with Gasteiger partial charge in [-0.3, -0.25) is 0 Å². The van der Waals surface area contributed by atoms with Crippen molar-refractivity contribution in [2.24, 2.45) is 0 Å². The first-order valence-corrected chi connectivity index (χ1v) is 8.85. The average molecular weight is 328 g/mol. The molecule has 124 valence electrons. The lowest BCUT2D eigenvalue weighted by Crippen LogP contribution is -2.05. The van der Waals surface area contributed by atoms with Gasteiger partial charge in [0.2, 0.25) is 0 Å². The number of ether oxygens (including phenoxy) is 2. The summed E-state index contributed by atoms with van der Waals surface area (Å²) in [7, 11) is 0. The SMILES string of the molecule is Cc1cc(-c2cccc3c2Cc2ccccc2-3)ccc1OCC1CO1. The van der Waals surface area contributed by atoms with Crippen LogP contribution in [0.3, 0.4) is 0 Å². The van der Waals surface area contributed by atoms with E-state index >= 15 is 0 Å². The molecule has 3 aromatic carbocycles. The van der Waals surface area contributed by atoms with Gasteiger partial charge in [-0.15, -0.1) is 0 Å². The first-order valence-electron chi connectivity index (χ1n) is 8.85. The van der Waals surface area contributed by atoms with Crippen LogP contribution in [0.25, 0.3) is 22.3 Å². The predicted octanol–water partition coefficient (Wildman–Crippen LogP) is 5.01. The fourth-order valence-electron chi connectivity index (χ4n) is 3.75. The largest absolute Gasteiger partial charge is 0.491 e. The highest BCUT2D eigenvalue weighted by Gasteiger charge is 2.24. The lowest BCUT2D eigenvalue weighted by molar-refractivity contribution is 0.262. The fourth-order valence-corrected chi connectivity index (χ4v) is 3.75. The maximum Gasteiger partial charge on any atom is 0.122 e. The molecule has 2 nitrogen and oxygen atoms in total. The van der Waals surface area contributed by atoms with Crippen LogP contribution in [-0.4, -0.2) is 19.3 Å². The van der Waals surface area contributed by atoms with E-state index < -0.39 is 0 Å². The molecular weight excluding hydrogens is 308 g/mol. The summed E-state index contributed by atoms with van der Waals surface area (Å²) < 4.78 is 11.1. The highest BCUT2D eigenvalue weighted by molar-refractivity contribution is 5.85. The quantitative estimate of drug-likeness (QED) is 0.491. The maximum absolute atomic E-state index is 5.87. The minimum absolute atomic E-state index is 0.287. The molecule has 2 aliphatic rings. The second kappa shape index (κ2) is 5.75. The lowest BCUT2D eigenvalue weighted by atomic mass is 9.94. The van der Waals surface area contributed by atoms with Gasteiger partial charge in [-0.2, -0.15) is 0 Å². The third kappa shape index (κ3) is 2.63. The van der Waals surface area contributed by atoms with E-state index in [0.717, 1.165) is 18.8 Å². The van der Waals surface area contributed by atoms with E-state index in [0.29, 0.717) is 6.61 Å². The Bertz CT molecular complexity index is 954. The number of aryl methyl sites for hydroxylation is 1. The topological polar surface area (TPSA) is 21.8 Å². The second-order valence-electron chi connectivity index (χ2n) is 6.91. The van der Waals surface area contributed by atoms with E-state index in [9.17, 15) is 0 Å². The van der Waals surface area contributed by atoms with Gasteiger partial charge in [0.1, 0.15) is 18.5 Å². The minimum atomic E-state index is 0.287. The molecule has 0 saturated carbocycles. The Hall–Kier alpha value is -2.58. The molecule has 1 aliphatic heterocycles. The van der Waals surface area contributed by atoms with Crippen molar-refractivity contribution >= 4 is 0 Å². The van der Waals surface area contributed by atoms with Gasteiger partial charge in [0.25, 0.3) is 0 Å². The molecular formula is C23H20O2.